The highest BCUT2D eigenvalue weighted by Gasteiger charge is 2.05. The van der Waals surface area contributed by atoms with Crippen molar-refractivity contribution < 1.29 is 4.39 Å². The van der Waals surface area contributed by atoms with E-state index in [1.54, 1.807) is 0 Å². The van der Waals surface area contributed by atoms with Gasteiger partial charge in [-0.3, -0.25) is 9.78 Å². The first kappa shape index (κ1) is 13.9. The Morgan fingerprint density at radius 2 is 1.91 bits per heavy atom. The molecule has 22 heavy (non-hydrogen) atoms. The number of hydrogen-bond acceptors (Lipinski definition) is 4. The zero-order valence-corrected chi connectivity index (χ0v) is 11.8. The average molecular weight is 296 g/mol. The lowest BCUT2D eigenvalue weighted by molar-refractivity contribution is 0.622. The Morgan fingerprint density at radius 1 is 1.14 bits per heavy atom. The lowest BCUT2D eigenvalue weighted by Crippen LogP contribution is -2.11. The maximum atomic E-state index is 12.8. The second-order valence-corrected chi connectivity index (χ2v) is 4.83. The molecule has 1 aromatic carbocycles. The van der Waals surface area contributed by atoms with Gasteiger partial charge in [0.05, 0.1) is 11.9 Å². The number of pyridine rings is 1. The molecule has 0 spiro atoms. The minimum Gasteiger partial charge on any atom is -0.310 e. The van der Waals surface area contributed by atoms with E-state index in [0.29, 0.717) is 11.5 Å². The van der Waals surface area contributed by atoms with Gasteiger partial charge in [-0.2, -0.15) is 0 Å². The number of nitrogens with zero attached hydrogens (tertiary/aromatic N) is 2. The van der Waals surface area contributed by atoms with E-state index in [1.165, 1.54) is 18.2 Å². The number of hydrogen-bond donors (Lipinski definition) is 2. The Labute approximate surface area is 125 Å². The van der Waals surface area contributed by atoms with Gasteiger partial charge in [-0.25, -0.2) is 14.4 Å². The smallest absolute Gasteiger partial charge is 0.252 e. The Bertz CT molecular complexity index is 841. The molecule has 0 saturated carbocycles. The van der Waals surface area contributed by atoms with Gasteiger partial charge in [0.15, 0.2) is 0 Å². The summed E-state index contributed by atoms with van der Waals surface area (Å²) >= 11 is 0. The molecule has 2 N–H and O–H groups in total. The van der Waals surface area contributed by atoms with Crippen LogP contribution in [-0.2, 0) is 0 Å². The highest BCUT2D eigenvalue weighted by atomic mass is 19.1. The lowest BCUT2D eigenvalue weighted by Gasteiger charge is -2.07. The van der Waals surface area contributed by atoms with Crippen LogP contribution < -0.4 is 10.9 Å². The number of aromatic nitrogens is 3. The summed E-state index contributed by atoms with van der Waals surface area (Å²) in [5.41, 5.74) is 2.23. The molecule has 0 radical (unpaired) electrons. The van der Waals surface area contributed by atoms with E-state index in [-0.39, 0.29) is 11.5 Å². The zero-order valence-electron chi connectivity index (χ0n) is 11.8. The maximum Gasteiger partial charge on any atom is 0.252 e. The summed E-state index contributed by atoms with van der Waals surface area (Å²) in [6.45, 7) is 1.99. The molecule has 110 valence electrons. The van der Waals surface area contributed by atoms with Gasteiger partial charge in [-0.15, -0.1) is 0 Å². The average Bonchev–Trinajstić information content (AvgIpc) is 2.50. The fraction of sp³-hybridized carbons (Fsp3) is 0.0625. The first-order valence-corrected chi connectivity index (χ1v) is 6.67. The summed E-state index contributed by atoms with van der Waals surface area (Å²) in [4.78, 5) is 22.6. The van der Waals surface area contributed by atoms with E-state index in [4.69, 9.17) is 0 Å². The van der Waals surface area contributed by atoms with Crippen molar-refractivity contribution in [3.8, 4) is 11.3 Å². The molecule has 0 aliphatic heterocycles. The molecule has 6 heteroatoms. The van der Waals surface area contributed by atoms with Crippen LogP contribution in [0.25, 0.3) is 11.3 Å². The van der Waals surface area contributed by atoms with Crippen LogP contribution in [0, 0.1) is 12.7 Å². The second-order valence-electron chi connectivity index (χ2n) is 4.83. The van der Waals surface area contributed by atoms with Crippen molar-refractivity contribution in [1.82, 2.24) is 15.0 Å². The molecular formula is C16H13FN4O. The van der Waals surface area contributed by atoms with Crippen LogP contribution in [0.2, 0.25) is 0 Å². The summed E-state index contributed by atoms with van der Waals surface area (Å²) in [6.07, 6.45) is 1.09. The number of anilines is 2. The predicted octanol–water partition coefficient (Wildman–Crippen LogP) is 3.02. The predicted molar refractivity (Wildman–Crippen MR) is 82.5 cm³/mol. The fourth-order valence-corrected chi connectivity index (χ4v) is 1.96. The number of benzene rings is 1. The number of H-pyrrole nitrogens is 1. The number of aryl methyl sites for hydroxylation is 1. The molecule has 0 atom stereocenters. The Balaban J connectivity index is 1.94. The molecule has 0 aliphatic rings. The zero-order chi connectivity index (χ0) is 15.5. The highest BCUT2D eigenvalue weighted by Crippen LogP contribution is 2.18. The van der Waals surface area contributed by atoms with Gasteiger partial charge in [0.25, 0.3) is 5.56 Å². The molecule has 0 saturated heterocycles. The van der Waals surface area contributed by atoms with Gasteiger partial charge in [0, 0.05) is 11.6 Å². The summed E-state index contributed by atoms with van der Waals surface area (Å²) < 4.78 is 12.8. The molecule has 2 heterocycles. The van der Waals surface area contributed by atoms with E-state index in [1.807, 2.05) is 31.2 Å². The minimum absolute atomic E-state index is 0.252. The van der Waals surface area contributed by atoms with Crippen molar-refractivity contribution >= 4 is 11.8 Å². The van der Waals surface area contributed by atoms with Crippen LogP contribution in [-0.4, -0.2) is 15.0 Å². The molecule has 0 amide bonds. The molecular weight excluding hydrogens is 283 g/mol. The Kier molecular flexibility index (Phi) is 3.65. The van der Waals surface area contributed by atoms with Crippen molar-refractivity contribution in [2.45, 2.75) is 6.92 Å². The fourth-order valence-electron chi connectivity index (χ4n) is 1.96. The number of aromatic amines is 1. The number of nitrogens with one attached hydrogen (secondary N) is 2. The number of halogens is 1. The highest BCUT2D eigenvalue weighted by molar-refractivity contribution is 5.61. The standard InChI is InChI=1S/C16H13FN4O/c1-10-2-4-11(5-3-10)13-8-15(22)21-16(19-13)20-14-7-6-12(17)9-18-14/h2-9H,1H3,(H2,18,19,20,21,22). The van der Waals surface area contributed by atoms with Crippen LogP contribution in [0.15, 0.2) is 53.5 Å². The summed E-state index contributed by atoms with van der Waals surface area (Å²) in [7, 11) is 0. The van der Waals surface area contributed by atoms with Crippen LogP contribution in [0.5, 0.6) is 0 Å². The van der Waals surface area contributed by atoms with E-state index in [0.717, 1.165) is 17.3 Å². The van der Waals surface area contributed by atoms with Crippen LogP contribution in [0.4, 0.5) is 16.2 Å². The quantitative estimate of drug-likeness (QED) is 0.779. The van der Waals surface area contributed by atoms with Crippen molar-refractivity contribution in [2.24, 2.45) is 0 Å². The molecule has 3 aromatic rings. The van der Waals surface area contributed by atoms with E-state index >= 15 is 0 Å². The molecule has 0 bridgehead atoms. The first-order chi connectivity index (χ1) is 10.6. The molecule has 0 unspecified atom stereocenters. The third-order valence-corrected chi connectivity index (χ3v) is 3.06. The monoisotopic (exact) mass is 296 g/mol. The third-order valence-electron chi connectivity index (χ3n) is 3.06. The SMILES string of the molecule is Cc1ccc(-c2cc(=O)[nH]c(Nc3ccc(F)cn3)n2)cc1. The van der Waals surface area contributed by atoms with Gasteiger partial charge in [0.2, 0.25) is 5.95 Å². The normalized spacial score (nSPS) is 10.5. The summed E-state index contributed by atoms with van der Waals surface area (Å²) in [6, 6.07) is 11.9. The summed E-state index contributed by atoms with van der Waals surface area (Å²) in [5.74, 6) is 0.216. The molecule has 5 nitrogen and oxygen atoms in total. The van der Waals surface area contributed by atoms with Crippen LogP contribution in [0.3, 0.4) is 0 Å². The van der Waals surface area contributed by atoms with Crippen molar-refractivity contribution in [2.75, 3.05) is 5.32 Å². The van der Waals surface area contributed by atoms with Crippen molar-refractivity contribution in [3.05, 3.63) is 70.4 Å². The topological polar surface area (TPSA) is 70.7 Å². The van der Waals surface area contributed by atoms with E-state index in [2.05, 4.69) is 20.3 Å². The largest absolute Gasteiger partial charge is 0.310 e. The van der Waals surface area contributed by atoms with Gasteiger partial charge in [-0.05, 0) is 19.1 Å². The molecule has 2 aromatic heterocycles. The first-order valence-electron chi connectivity index (χ1n) is 6.67. The summed E-state index contributed by atoms with van der Waals surface area (Å²) in [5, 5.41) is 2.85. The number of rotatable bonds is 3. The minimum atomic E-state index is -0.430. The lowest BCUT2D eigenvalue weighted by atomic mass is 10.1. The van der Waals surface area contributed by atoms with Gasteiger partial charge < -0.3 is 5.32 Å². The molecule has 3 rings (SSSR count). The van der Waals surface area contributed by atoms with E-state index in [9.17, 15) is 9.18 Å². The van der Waals surface area contributed by atoms with E-state index < -0.39 is 5.82 Å². The van der Waals surface area contributed by atoms with Crippen molar-refractivity contribution in [3.63, 3.8) is 0 Å². The van der Waals surface area contributed by atoms with Gasteiger partial charge in [-0.1, -0.05) is 29.8 Å². The van der Waals surface area contributed by atoms with Gasteiger partial charge >= 0.3 is 0 Å². The second kappa shape index (κ2) is 5.77. The van der Waals surface area contributed by atoms with Crippen LogP contribution in [0.1, 0.15) is 5.56 Å². The van der Waals surface area contributed by atoms with Crippen molar-refractivity contribution in [1.29, 1.82) is 0 Å². The van der Waals surface area contributed by atoms with Crippen LogP contribution >= 0.6 is 0 Å². The van der Waals surface area contributed by atoms with Gasteiger partial charge in [0.1, 0.15) is 11.6 Å². The maximum absolute atomic E-state index is 12.8. The Hall–Kier alpha value is -3.02. The molecule has 0 aliphatic carbocycles. The third kappa shape index (κ3) is 3.17. The molecule has 0 fully saturated rings. The Morgan fingerprint density at radius 3 is 2.59 bits per heavy atom.